The van der Waals surface area contributed by atoms with Gasteiger partial charge in [0.2, 0.25) is 11.0 Å². The lowest BCUT2D eigenvalue weighted by atomic mass is 10.3. The Morgan fingerprint density at radius 1 is 1.53 bits per heavy atom. The average molecular weight is 298 g/mol. The number of amides is 1. The molecule has 1 unspecified atom stereocenters. The summed E-state index contributed by atoms with van der Waals surface area (Å²) in [6.45, 7) is 3.79. The zero-order chi connectivity index (χ0) is 13.8. The molecular formula is C11H14N4O2S2. The van der Waals surface area contributed by atoms with Crippen LogP contribution in [0.1, 0.15) is 28.7 Å². The van der Waals surface area contributed by atoms with E-state index in [1.807, 2.05) is 19.2 Å². The number of ether oxygens (including phenoxy) is 1. The van der Waals surface area contributed by atoms with E-state index < -0.39 is 0 Å². The minimum Gasteiger partial charge on any atom is -0.374 e. The first-order valence-electron chi connectivity index (χ1n) is 5.65. The van der Waals surface area contributed by atoms with Crippen LogP contribution in [0.2, 0.25) is 0 Å². The van der Waals surface area contributed by atoms with E-state index in [1.54, 1.807) is 7.11 Å². The van der Waals surface area contributed by atoms with Crippen molar-refractivity contribution in [3.63, 3.8) is 0 Å². The van der Waals surface area contributed by atoms with Gasteiger partial charge in [0.1, 0.15) is 11.1 Å². The zero-order valence-electron chi connectivity index (χ0n) is 10.8. The van der Waals surface area contributed by atoms with Crippen LogP contribution < -0.4 is 5.32 Å². The number of hydrogen-bond donors (Lipinski definition) is 1. The van der Waals surface area contributed by atoms with Gasteiger partial charge in [-0.1, -0.05) is 11.3 Å². The number of anilines is 1. The maximum absolute atomic E-state index is 11.8. The number of hydrogen-bond acceptors (Lipinski definition) is 7. The number of nitrogens with zero attached hydrogens (tertiary/aromatic N) is 3. The third-order valence-electron chi connectivity index (χ3n) is 2.40. The molecule has 0 fully saturated rings. The van der Waals surface area contributed by atoms with E-state index in [0.717, 1.165) is 15.7 Å². The van der Waals surface area contributed by atoms with Crippen molar-refractivity contribution in [1.82, 2.24) is 15.2 Å². The van der Waals surface area contributed by atoms with Crippen molar-refractivity contribution in [2.24, 2.45) is 0 Å². The molecular weight excluding hydrogens is 284 g/mol. The number of carbonyl (C=O) groups is 1. The highest BCUT2D eigenvalue weighted by Gasteiger charge is 2.13. The number of aryl methyl sites for hydroxylation is 1. The van der Waals surface area contributed by atoms with Crippen molar-refractivity contribution < 1.29 is 9.53 Å². The van der Waals surface area contributed by atoms with Gasteiger partial charge < -0.3 is 10.1 Å². The van der Waals surface area contributed by atoms with Crippen molar-refractivity contribution in [1.29, 1.82) is 0 Å². The summed E-state index contributed by atoms with van der Waals surface area (Å²) in [4.78, 5) is 16.0. The summed E-state index contributed by atoms with van der Waals surface area (Å²) in [6.07, 6.45) is 0.128. The minimum absolute atomic E-state index is 0.121. The number of carbonyl (C=O) groups excluding carboxylic acids is 1. The average Bonchev–Trinajstić information content (AvgIpc) is 2.98. The van der Waals surface area contributed by atoms with Gasteiger partial charge in [-0.25, -0.2) is 4.98 Å². The van der Waals surface area contributed by atoms with Gasteiger partial charge in [0.15, 0.2) is 0 Å². The van der Waals surface area contributed by atoms with E-state index in [9.17, 15) is 4.79 Å². The summed E-state index contributed by atoms with van der Waals surface area (Å²) >= 11 is 2.84. The highest BCUT2D eigenvalue weighted by molar-refractivity contribution is 7.15. The fourth-order valence-electron chi connectivity index (χ4n) is 1.37. The van der Waals surface area contributed by atoms with Crippen LogP contribution in [0.25, 0.3) is 0 Å². The molecule has 0 bridgehead atoms. The monoisotopic (exact) mass is 298 g/mol. The predicted octanol–water partition coefficient (Wildman–Crippen LogP) is 2.19. The smallest absolute Gasteiger partial charge is 0.232 e. The lowest BCUT2D eigenvalue weighted by Gasteiger charge is -2.02. The molecule has 0 saturated heterocycles. The molecule has 1 amide bonds. The molecule has 0 saturated carbocycles. The molecule has 0 aliphatic rings. The van der Waals surface area contributed by atoms with E-state index in [1.165, 1.54) is 22.7 Å². The van der Waals surface area contributed by atoms with Crippen molar-refractivity contribution in [3.8, 4) is 0 Å². The molecule has 2 rings (SSSR count). The second-order valence-electron chi connectivity index (χ2n) is 3.91. The molecule has 8 heteroatoms. The number of nitrogens with one attached hydrogen (secondary N) is 1. The number of aromatic nitrogens is 3. The zero-order valence-corrected chi connectivity index (χ0v) is 12.5. The van der Waals surface area contributed by atoms with Gasteiger partial charge in [0.05, 0.1) is 17.1 Å². The molecule has 0 radical (unpaired) electrons. The van der Waals surface area contributed by atoms with Crippen LogP contribution >= 0.6 is 22.7 Å². The van der Waals surface area contributed by atoms with E-state index in [-0.39, 0.29) is 18.4 Å². The second kappa shape index (κ2) is 6.18. The molecule has 0 aromatic carbocycles. The minimum atomic E-state index is -0.141. The first kappa shape index (κ1) is 14.0. The summed E-state index contributed by atoms with van der Waals surface area (Å²) in [6, 6.07) is 0. The van der Waals surface area contributed by atoms with Gasteiger partial charge in [-0.3, -0.25) is 4.79 Å². The Morgan fingerprint density at radius 3 is 2.95 bits per heavy atom. The lowest BCUT2D eigenvalue weighted by Crippen LogP contribution is -2.14. The number of methoxy groups -OCH3 is 1. The van der Waals surface area contributed by atoms with Crippen LogP contribution in [0.5, 0.6) is 0 Å². The maximum Gasteiger partial charge on any atom is 0.232 e. The SMILES string of the molecule is COC(C)c1nnc(NC(=O)Cc2csc(C)n2)s1. The molecule has 19 heavy (non-hydrogen) atoms. The van der Waals surface area contributed by atoms with Crippen LogP contribution in [0.15, 0.2) is 5.38 Å². The second-order valence-corrected chi connectivity index (χ2v) is 5.98. The topological polar surface area (TPSA) is 77.0 Å². The van der Waals surface area contributed by atoms with Crippen LogP contribution in [-0.4, -0.2) is 28.2 Å². The highest BCUT2D eigenvalue weighted by atomic mass is 32.1. The number of thiazole rings is 1. The molecule has 2 aromatic rings. The van der Waals surface area contributed by atoms with Crippen molar-refractivity contribution >= 4 is 33.7 Å². The summed E-state index contributed by atoms with van der Waals surface area (Å²) in [5.41, 5.74) is 0.773. The molecule has 1 atom stereocenters. The van der Waals surface area contributed by atoms with E-state index >= 15 is 0 Å². The van der Waals surface area contributed by atoms with Gasteiger partial charge in [0.25, 0.3) is 0 Å². The summed E-state index contributed by atoms with van der Waals surface area (Å²) < 4.78 is 5.14. The van der Waals surface area contributed by atoms with Gasteiger partial charge in [0, 0.05) is 12.5 Å². The van der Waals surface area contributed by atoms with Crippen LogP contribution in [-0.2, 0) is 16.0 Å². The summed E-state index contributed by atoms with van der Waals surface area (Å²) in [5.74, 6) is -0.141. The quantitative estimate of drug-likeness (QED) is 0.915. The van der Waals surface area contributed by atoms with Gasteiger partial charge in [-0.15, -0.1) is 21.5 Å². The standard InChI is InChI=1S/C11H14N4O2S2/c1-6(17-3)10-14-15-11(19-10)13-9(16)4-8-5-18-7(2)12-8/h5-6H,4H2,1-3H3,(H,13,15,16). The molecule has 2 aromatic heterocycles. The van der Waals surface area contributed by atoms with Crippen molar-refractivity contribution in [3.05, 3.63) is 21.1 Å². The van der Waals surface area contributed by atoms with E-state index in [2.05, 4.69) is 20.5 Å². The van der Waals surface area contributed by atoms with Crippen molar-refractivity contribution in [2.75, 3.05) is 12.4 Å². The number of rotatable bonds is 5. The van der Waals surface area contributed by atoms with Crippen LogP contribution in [0.4, 0.5) is 5.13 Å². The van der Waals surface area contributed by atoms with Gasteiger partial charge in [-0.05, 0) is 13.8 Å². The Balaban J connectivity index is 1.93. The molecule has 0 spiro atoms. The van der Waals surface area contributed by atoms with Crippen LogP contribution in [0, 0.1) is 6.92 Å². The first-order valence-corrected chi connectivity index (χ1v) is 7.35. The molecule has 6 nitrogen and oxygen atoms in total. The van der Waals surface area contributed by atoms with Crippen molar-refractivity contribution in [2.45, 2.75) is 26.4 Å². The third-order valence-corrected chi connectivity index (χ3v) is 4.22. The lowest BCUT2D eigenvalue weighted by molar-refractivity contribution is -0.115. The molecule has 102 valence electrons. The maximum atomic E-state index is 11.8. The van der Waals surface area contributed by atoms with Gasteiger partial charge >= 0.3 is 0 Å². The summed E-state index contributed by atoms with van der Waals surface area (Å²) in [5, 5.41) is 14.6. The van der Waals surface area contributed by atoms with Gasteiger partial charge in [-0.2, -0.15) is 0 Å². The van der Waals surface area contributed by atoms with Crippen LogP contribution in [0.3, 0.4) is 0 Å². The Hall–Kier alpha value is -1.38. The molecule has 1 N–H and O–H groups in total. The summed E-state index contributed by atoms with van der Waals surface area (Å²) in [7, 11) is 1.61. The van der Waals surface area contributed by atoms with E-state index in [4.69, 9.17) is 4.74 Å². The Kier molecular flexibility index (Phi) is 4.56. The Morgan fingerprint density at radius 2 is 2.32 bits per heavy atom. The first-order chi connectivity index (χ1) is 9.08. The molecule has 2 heterocycles. The Bertz CT molecular complexity index is 567. The normalized spacial score (nSPS) is 12.4. The van der Waals surface area contributed by atoms with E-state index in [0.29, 0.717) is 5.13 Å². The molecule has 0 aliphatic heterocycles. The Labute approximate surface area is 118 Å². The third kappa shape index (κ3) is 3.79. The fourth-order valence-corrected chi connectivity index (χ4v) is 2.77. The largest absolute Gasteiger partial charge is 0.374 e. The predicted molar refractivity (Wildman–Crippen MR) is 74.5 cm³/mol. The highest BCUT2D eigenvalue weighted by Crippen LogP contribution is 2.23. The fraction of sp³-hybridized carbons (Fsp3) is 0.455. The molecule has 0 aliphatic carbocycles.